The molecule has 1 amide bonds. The molecule has 186 valence electrons. The summed E-state index contributed by atoms with van der Waals surface area (Å²) in [6.07, 6.45) is 0.0929. The second kappa shape index (κ2) is 9.89. The number of rotatable bonds is 5. The molecule has 1 fully saturated rings. The van der Waals surface area contributed by atoms with Crippen molar-refractivity contribution in [3.63, 3.8) is 0 Å². The van der Waals surface area contributed by atoms with Gasteiger partial charge in [-0.05, 0) is 78.8 Å². The summed E-state index contributed by atoms with van der Waals surface area (Å²) in [7, 11) is 0. The molecule has 1 unspecified atom stereocenters. The van der Waals surface area contributed by atoms with Crippen LogP contribution in [0.3, 0.4) is 0 Å². The van der Waals surface area contributed by atoms with E-state index in [0.29, 0.717) is 29.2 Å². The Kier molecular flexibility index (Phi) is 6.63. The number of hydrogen-bond acceptors (Lipinski definition) is 5. The van der Waals surface area contributed by atoms with Crippen LogP contribution in [0.15, 0.2) is 60.7 Å². The van der Waals surface area contributed by atoms with Crippen LogP contribution in [0.5, 0.6) is 0 Å². The number of carboxylic acid groups (broad SMARTS) is 1. The smallest absolute Gasteiger partial charge is 0.412 e. The molecule has 5 rings (SSSR count). The molecule has 1 aromatic heterocycles. The summed E-state index contributed by atoms with van der Waals surface area (Å²) in [6, 6.07) is 19.0. The Bertz CT molecular complexity index is 1600. The number of ether oxygens (including phenoxy) is 1. The first-order chi connectivity index (χ1) is 17.8. The van der Waals surface area contributed by atoms with Crippen molar-refractivity contribution in [2.75, 3.05) is 5.32 Å². The number of halogens is 1. The third-order valence-electron chi connectivity index (χ3n) is 6.42. The van der Waals surface area contributed by atoms with Gasteiger partial charge in [-0.2, -0.15) is 4.37 Å². The van der Waals surface area contributed by atoms with Crippen LogP contribution in [0.2, 0.25) is 5.02 Å². The molecule has 1 heterocycles. The van der Waals surface area contributed by atoms with Crippen LogP contribution in [0.25, 0.3) is 21.2 Å². The zero-order chi connectivity index (χ0) is 26.2. The van der Waals surface area contributed by atoms with E-state index in [1.807, 2.05) is 61.5 Å². The second-order valence-electron chi connectivity index (χ2n) is 9.08. The Balaban J connectivity index is 1.35. The zero-order valence-corrected chi connectivity index (χ0v) is 21.7. The Morgan fingerprint density at radius 3 is 2.59 bits per heavy atom. The van der Waals surface area contributed by atoms with E-state index in [4.69, 9.17) is 16.3 Å². The molecule has 37 heavy (non-hydrogen) atoms. The Hall–Kier alpha value is -3.86. The molecule has 1 aliphatic rings. The minimum atomic E-state index is -0.876. The molecular weight excluding hydrogens is 508 g/mol. The van der Waals surface area contributed by atoms with Crippen LogP contribution in [0.1, 0.15) is 42.7 Å². The summed E-state index contributed by atoms with van der Waals surface area (Å²) < 4.78 is 10.0. The van der Waals surface area contributed by atoms with Crippen LogP contribution in [0.4, 0.5) is 10.5 Å². The summed E-state index contributed by atoms with van der Waals surface area (Å²) in [5.74, 6) is 5.10. The SMILES string of the molecule is Cc1nsc(-c2ccc3cc(C#CC4(C(=O)O)CC4)ccc3c2)c1NC(=O)OC(C)c1ccccc1Cl. The molecule has 0 radical (unpaired) electrons. The minimum Gasteiger partial charge on any atom is -0.480 e. The molecule has 0 saturated heterocycles. The van der Waals surface area contributed by atoms with Crippen molar-refractivity contribution in [1.82, 2.24) is 4.37 Å². The summed E-state index contributed by atoms with van der Waals surface area (Å²) in [4.78, 5) is 24.9. The number of carboxylic acids is 1. The standard InChI is InChI=1S/C29H23ClN2O4S/c1-17-25(31-28(35)36-18(2)23-5-3-4-6-24(23)30)26(37-32-17)22-10-9-20-15-19(7-8-21(20)16-22)11-12-29(13-14-29)27(33)34/h3-10,15-16,18H,13-14H2,1-2H3,(H,31,35)(H,33,34). The molecule has 0 aliphatic heterocycles. The summed E-state index contributed by atoms with van der Waals surface area (Å²) in [6.45, 7) is 3.61. The average molecular weight is 531 g/mol. The van der Waals surface area contributed by atoms with Gasteiger partial charge in [0.25, 0.3) is 0 Å². The first-order valence-electron chi connectivity index (χ1n) is 11.7. The van der Waals surface area contributed by atoms with Gasteiger partial charge >= 0.3 is 12.1 Å². The van der Waals surface area contributed by atoms with Crippen molar-refractivity contribution in [3.8, 4) is 22.3 Å². The van der Waals surface area contributed by atoms with Crippen LogP contribution in [0, 0.1) is 24.2 Å². The van der Waals surface area contributed by atoms with E-state index in [0.717, 1.165) is 32.3 Å². The van der Waals surface area contributed by atoms with Crippen molar-refractivity contribution < 1.29 is 19.4 Å². The monoisotopic (exact) mass is 530 g/mol. The summed E-state index contributed by atoms with van der Waals surface area (Å²) in [5.41, 5.74) is 2.84. The van der Waals surface area contributed by atoms with Gasteiger partial charge in [0.15, 0.2) is 0 Å². The maximum atomic E-state index is 12.7. The number of nitrogens with one attached hydrogen (secondary N) is 1. The highest BCUT2D eigenvalue weighted by Crippen LogP contribution is 2.45. The molecule has 0 spiro atoms. The maximum Gasteiger partial charge on any atom is 0.412 e. The molecule has 3 aromatic carbocycles. The Morgan fingerprint density at radius 2 is 1.86 bits per heavy atom. The number of aliphatic carboxylic acids is 1. The van der Waals surface area contributed by atoms with Crippen molar-refractivity contribution in [2.24, 2.45) is 5.41 Å². The predicted octanol–water partition coefficient (Wildman–Crippen LogP) is 7.45. The van der Waals surface area contributed by atoms with Gasteiger partial charge in [0.2, 0.25) is 0 Å². The predicted molar refractivity (Wildman–Crippen MR) is 146 cm³/mol. The van der Waals surface area contributed by atoms with Gasteiger partial charge in [-0.15, -0.1) is 0 Å². The zero-order valence-electron chi connectivity index (χ0n) is 20.2. The van der Waals surface area contributed by atoms with Crippen molar-refractivity contribution >= 4 is 51.7 Å². The topological polar surface area (TPSA) is 88.5 Å². The lowest BCUT2D eigenvalue weighted by Crippen LogP contribution is -2.16. The number of aryl methyl sites for hydroxylation is 1. The number of aromatic nitrogens is 1. The van der Waals surface area contributed by atoms with Crippen LogP contribution in [-0.4, -0.2) is 21.5 Å². The average Bonchev–Trinajstić information content (AvgIpc) is 3.60. The lowest BCUT2D eigenvalue weighted by atomic mass is 10.0. The van der Waals surface area contributed by atoms with E-state index >= 15 is 0 Å². The number of hydrogen-bond donors (Lipinski definition) is 2. The number of nitrogens with zero attached hydrogens (tertiary/aromatic N) is 1. The fourth-order valence-electron chi connectivity index (χ4n) is 4.05. The lowest BCUT2D eigenvalue weighted by Gasteiger charge is -2.16. The van der Waals surface area contributed by atoms with Crippen molar-refractivity contribution in [2.45, 2.75) is 32.8 Å². The molecule has 1 aliphatic carbocycles. The fourth-order valence-corrected chi connectivity index (χ4v) is 5.18. The van der Waals surface area contributed by atoms with E-state index in [2.05, 4.69) is 21.5 Å². The number of carbonyl (C=O) groups is 2. The minimum absolute atomic E-state index is 0.521. The largest absolute Gasteiger partial charge is 0.480 e. The Labute approximate surface area is 223 Å². The lowest BCUT2D eigenvalue weighted by molar-refractivity contribution is -0.141. The Morgan fingerprint density at radius 1 is 1.14 bits per heavy atom. The second-order valence-corrected chi connectivity index (χ2v) is 10.3. The molecule has 6 nitrogen and oxygen atoms in total. The number of fused-ring (bicyclic) bond motifs is 1. The van der Waals surface area contributed by atoms with Crippen molar-refractivity contribution in [1.29, 1.82) is 0 Å². The van der Waals surface area contributed by atoms with Gasteiger partial charge in [0, 0.05) is 16.1 Å². The van der Waals surface area contributed by atoms with E-state index in [9.17, 15) is 14.7 Å². The number of amides is 1. The molecule has 0 bridgehead atoms. The third kappa shape index (κ3) is 5.17. The highest BCUT2D eigenvalue weighted by molar-refractivity contribution is 7.10. The van der Waals surface area contributed by atoms with Gasteiger partial charge < -0.3 is 9.84 Å². The van der Waals surface area contributed by atoms with Gasteiger partial charge in [0.05, 0.1) is 16.3 Å². The maximum absolute atomic E-state index is 12.7. The van der Waals surface area contributed by atoms with Crippen LogP contribution in [-0.2, 0) is 9.53 Å². The number of carbonyl (C=O) groups excluding carboxylic acids is 1. The number of anilines is 1. The molecule has 4 aromatic rings. The molecule has 8 heteroatoms. The van der Waals surface area contributed by atoms with Crippen LogP contribution < -0.4 is 5.32 Å². The first-order valence-corrected chi connectivity index (χ1v) is 12.9. The molecule has 2 N–H and O–H groups in total. The highest BCUT2D eigenvalue weighted by atomic mass is 35.5. The van der Waals surface area contributed by atoms with Gasteiger partial charge in [-0.3, -0.25) is 10.1 Å². The first kappa shape index (κ1) is 24.8. The van der Waals surface area contributed by atoms with Crippen molar-refractivity contribution in [3.05, 3.63) is 82.5 Å². The normalized spacial score (nSPS) is 14.4. The summed E-state index contributed by atoms with van der Waals surface area (Å²) in [5, 5.41) is 14.7. The number of benzene rings is 3. The fraction of sp³-hybridized carbons (Fsp3) is 0.207. The van der Waals surface area contributed by atoms with E-state index in [1.165, 1.54) is 11.5 Å². The van der Waals surface area contributed by atoms with E-state index < -0.39 is 23.6 Å². The molecular formula is C29H23ClN2O4S. The quantitative estimate of drug-likeness (QED) is 0.261. The molecule has 1 saturated carbocycles. The molecule has 1 atom stereocenters. The van der Waals surface area contributed by atoms with E-state index in [-0.39, 0.29) is 0 Å². The van der Waals surface area contributed by atoms with Gasteiger partial charge in [-0.25, -0.2) is 4.79 Å². The highest BCUT2D eigenvalue weighted by Gasteiger charge is 2.49. The third-order valence-corrected chi connectivity index (χ3v) is 7.76. The van der Waals surface area contributed by atoms with Gasteiger partial charge in [0.1, 0.15) is 11.5 Å². The summed E-state index contributed by atoms with van der Waals surface area (Å²) >= 11 is 7.54. The van der Waals surface area contributed by atoms with E-state index in [1.54, 1.807) is 13.0 Å². The van der Waals surface area contributed by atoms with Gasteiger partial charge in [-0.1, -0.05) is 59.8 Å². The van der Waals surface area contributed by atoms with Crippen LogP contribution >= 0.6 is 23.1 Å².